The lowest BCUT2D eigenvalue weighted by molar-refractivity contribution is -0.142. The van der Waals surface area contributed by atoms with Gasteiger partial charge in [-0.15, -0.1) is 0 Å². The number of amides is 2. The van der Waals surface area contributed by atoms with E-state index in [4.69, 9.17) is 9.47 Å². The Bertz CT molecular complexity index is 1530. The van der Waals surface area contributed by atoms with Crippen LogP contribution in [0.15, 0.2) is 97.3 Å². The van der Waals surface area contributed by atoms with Gasteiger partial charge in [0.15, 0.2) is 0 Å². The van der Waals surface area contributed by atoms with Crippen molar-refractivity contribution < 1.29 is 24.2 Å². The van der Waals surface area contributed by atoms with Crippen molar-refractivity contribution >= 4 is 17.5 Å². The van der Waals surface area contributed by atoms with Crippen LogP contribution in [0.3, 0.4) is 0 Å². The molecule has 1 saturated heterocycles. The lowest BCUT2D eigenvalue weighted by Crippen LogP contribution is -2.47. The molecule has 8 nitrogen and oxygen atoms in total. The summed E-state index contributed by atoms with van der Waals surface area (Å²) in [6, 6.07) is 27.5. The summed E-state index contributed by atoms with van der Waals surface area (Å²) >= 11 is 0. The van der Waals surface area contributed by atoms with Gasteiger partial charge in [0, 0.05) is 36.1 Å². The number of carbonyl (C=O) groups is 2. The maximum absolute atomic E-state index is 12.9. The van der Waals surface area contributed by atoms with Gasteiger partial charge in [-0.1, -0.05) is 54.6 Å². The fourth-order valence-electron chi connectivity index (χ4n) is 5.78. The first-order chi connectivity index (χ1) is 20.6. The quantitative estimate of drug-likeness (QED) is 0.274. The van der Waals surface area contributed by atoms with Gasteiger partial charge in [0.1, 0.15) is 18.0 Å². The monoisotopic (exact) mass is 563 g/mol. The first-order valence-electron chi connectivity index (χ1n) is 14.2. The maximum Gasteiger partial charge on any atom is 0.228 e. The van der Waals surface area contributed by atoms with E-state index in [1.165, 1.54) is 0 Å². The Labute approximate surface area is 244 Å². The Kier molecular flexibility index (Phi) is 8.26. The van der Waals surface area contributed by atoms with Crippen LogP contribution in [0.5, 0.6) is 5.75 Å². The standard InChI is InChI=1S/C34H33N3O5/c38-21-31-34-29(28-17-26(10-11-30(28)42-34)37-33(40)16-22-12-14-35-15-13-22)18-27(41-31)19-32(39)36-20-23-6-8-25(9-7-23)24-4-2-1-3-5-24/h1-15,17,27,29,31,34,38H,16,18-21H2,(H,36,39)(H,37,40)/t27-,29-,31+,34+/m1/s1. The summed E-state index contributed by atoms with van der Waals surface area (Å²) in [6.07, 6.45) is 3.05. The predicted octanol–water partition coefficient (Wildman–Crippen LogP) is 4.63. The van der Waals surface area contributed by atoms with Crippen molar-refractivity contribution in [3.63, 3.8) is 0 Å². The Morgan fingerprint density at radius 3 is 2.40 bits per heavy atom. The van der Waals surface area contributed by atoms with E-state index in [-0.39, 0.29) is 49.4 Å². The maximum atomic E-state index is 12.9. The molecule has 1 fully saturated rings. The molecule has 0 aliphatic carbocycles. The zero-order valence-electron chi connectivity index (χ0n) is 23.1. The molecule has 214 valence electrons. The molecular weight excluding hydrogens is 530 g/mol. The first-order valence-corrected chi connectivity index (χ1v) is 14.2. The van der Waals surface area contributed by atoms with Gasteiger partial charge in [0.2, 0.25) is 11.8 Å². The number of carbonyl (C=O) groups excluding carboxylic acids is 2. The van der Waals surface area contributed by atoms with Crippen LogP contribution >= 0.6 is 0 Å². The summed E-state index contributed by atoms with van der Waals surface area (Å²) < 4.78 is 12.3. The number of benzene rings is 3. The van der Waals surface area contributed by atoms with Crippen molar-refractivity contribution in [1.82, 2.24) is 10.3 Å². The molecule has 42 heavy (non-hydrogen) atoms. The van der Waals surface area contributed by atoms with Crippen LogP contribution in [0.25, 0.3) is 11.1 Å². The van der Waals surface area contributed by atoms with Crippen LogP contribution in [0.1, 0.15) is 35.4 Å². The second kappa shape index (κ2) is 12.5. The molecule has 0 unspecified atom stereocenters. The van der Waals surface area contributed by atoms with Crippen molar-refractivity contribution in [2.24, 2.45) is 0 Å². The molecule has 3 heterocycles. The second-order valence-electron chi connectivity index (χ2n) is 10.8. The Hall–Kier alpha value is -4.53. The molecule has 0 spiro atoms. The normalized spacial score (nSPS) is 20.6. The minimum atomic E-state index is -0.552. The highest BCUT2D eigenvalue weighted by molar-refractivity contribution is 5.92. The number of nitrogens with zero attached hydrogens (tertiary/aromatic N) is 1. The third-order valence-corrected chi connectivity index (χ3v) is 7.86. The van der Waals surface area contributed by atoms with E-state index < -0.39 is 6.10 Å². The minimum absolute atomic E-state index is 0.0636. The molecule has 2 aliphatic rings. The fourth-order valence-corrected chi connectivity index (χ4v) is 5.78. The second-order valence-corrected chi connectivity index (χ2v) is 10.8. The zero-order chi connectivity index (χ0) is 28.9. The van der Waals surface area contributed by atoms with Crippen LogP contribution in [0.4, 0.5) is 5.69 Å². The van der Waals surface area contributed by atoms with Crippen molar-refractivity contribution in [2.45, 2.75) is 50.0 Å². The van der Waals surface area contributed by atoms with E-state index in [1.807, 2.05) is 60.7 Å². The van der Waals surface area contributed by atoms with Crippen molar-refractivity contribution in [1.29, 1.82) is 0 Å². The number of ether oxygens (including phenoxy) is 2. The molecule has 8 heteroatoms. The van der Waals surface area contributed by atoms with Crippen LogP contribution < -0.4 is 15.4 Å². The number of nitrogens with one attached hydrogen (secondary N) is 2. The smallest absolute Gasteiger partial charge is 0.228 e. The van der Waals surface area contributed by atoms with E-state index in [1.54, 1.807) is 12.4 Å². The van der Waals surface area contributed by atoms with E-state index in [2.05, 4.69) is 39.9 Å². The van der Waals surface area contributed by atoms with Crippen LogP contribution in [-0.4, -0.2) is 46.8 Å². The van der Waals surface area contributed by atoms with Gasteiger partial charge in [0.05, 0.1) is 25.6 Å². The molecule has 2 amide bonds. The van der Waals surface area contributed by atoms with Gasteiger partial charge in [0.25, 0.3) is 0 Å². The molecule has 6 rings (SSSR count). The van der Waals surface area contributed by atoms with Crippen molar-refractivity contribution in [3.8, 4) is 16.9 Å². The summed E-state index contributed by atoms with van der Waals surface area (Å²) in [4.78, 5) is 29.5. The van der Waals surface area contributed by atoms with Crippen LogP contribution in [0, 0.1) is 0 Å². The number of fused-ring (bicyclic) bond motifs is 3. The lowest BCUT2D eigenvalue weighted by Gasteiger charge is -2.37. The summed E-state index contributed by atoms with van der Waals surface area (Å²) in [5.74, 6) is 0.411. The molecule has 4 atom stereocenters. The Balaban J connectivity index is 1.06. The number of hydrogen-bond acceptors (Lipinski definition) is 6. The molecular formula is C34H33N3O5. The summed E-state index contributed by atoms with van der Waals surface area (Å²) in [6.45, 7) is 0.209. The highest BCUT2D eigenvalue weighted by Crippen LogP contribution is 2.47. The summed E-state index contributed by atoms with van der Waals surface area (Å²) in [5, 5.41) is 16.0. The molecule has 1 aromatic heterocycles. The van der Waals surface area contributed by atoms with E-state index in [0.29, 0.717) is 24.4 Å². The molecule has 2 aliphatic heterocycles. The molecule has 0 saturated carbocycles. The SMILES string of the molecule is O=C(C[C@H]1C[C@@H]2c3cc(NC(=O)Cc4ccncc4)ccc3O[C@@H]2[C@H](CO)O1)NCc1ccc(-c2ccccc2)cc1. The molecule has 3 aromatic carbocycles. The Morgan fingerprint density at radius 1 is 0.881 bits per heavy atom. The zero-order valence-corrected chi connectivity index (χ0v) is 23.1. The predicted molar refractivity (Wildman–Crippen MR) is 159 cm³/mol. The van der Waals surface area contributed by atoms with Crippen molar-refractivity contribution in [2.75, 3.05) is 11.9 Å². The van der Waals surface area contributed by atoms with Gasteiger partial charge in [-0.3, -0.25) is 14.6 Å². The summed E-state index contributed by atoms with van der Waals surface area (Å²) in [7, 11) is 0. The summed E-state index contributed by atoms with van der Waals surface area (Å²) in [5.41, 5.74) is 5.80. The topological polar surface area (TPSA) is 110 Å². The van der Waals surface area contributed by atoms with E-state index >= 15 is 0 Å². The number of hydrogen-bond donors (Lipinski definition) is 3. The lowest BCUT2D eigenvalue weighted by atomic mass is 9.84. The van der Waals surface area contributed by atoms with Gasteiger partial charge >= 0.3 is 0 Å². The minimum Gasteiger partial charge on any atom is -0.487 e. The molecule has 0 radical (unpaired) electrons. The number of rotatable bonds is 9. The highest BCUT2D eigenvalue weighted by atomic mass is 16.6. The van der Waals surface area contributed by atoms with E-state index in [0.717, 1.165) is 27.8 Å². The number of pyridine rings is 1. The van der Waals surface area contributed by atoms with Gasteiger partial charge in [-0.25, -0.2) is 0 Å². The Morgan fingerprint density at radius 2 is 1.64 bits per heavy atom. The third kappa shape index (κ3) is 6.35. The highest BCUT2D eigenvalue weighted by Gasteiger charge is 2.46. The number of anilines is 1. The largest absolute Gasteiger partial charge is 0.487 e. The van der Waals surface area contributed by atoms with Crippen LogP contribution in [-0.2, 0) is 27.3 Å². The average Bonchev–Trinajstić information content (AvgIpc) is 3.38. The molecule has 3 N–H and O–H groups in total. The van der Waals surface area contributed by atoms with Crippen LogP contribution in [0.2, 0.25) is 0 Å². The average molecular weight is 564 g/mol. The van der Waals surface area contributed by atoms with Crippen molar-refractivity contribution in [3.05, 3.63) is 114 Å². The third-order valence-electron chi connectivity index (χ3n) is 7.86. The fraction of sp³-hybridized carbons (Fsp3) is 0.265. The van der Waals surface area contributed by atoms with Gasteiger partial charge in [-0.2, -0.15) is 0 Å². The first kappa shape index (κ1) is 27.6. The van der Waals surface area contributed by atoms with E-state index in [9.17, 15) is 14.7 Å². The number of aliphatic hydroxyl groups is 1. The van der Waals surface area contributed by atoms with Gasteiger partial charge in [-0.05, 0) is 59.0 Å². The van der Waals surface area contributed by atoms with Gasteiger partial charge < -0.3 is 25.2 Å². The molecule has 0 bridgehead atoms. The number of aromatic nitrogens is 1. The molecule has 4 aromatic rings. The number of aliphatic hydroxyl groups excluding tert-OH is 1.